The third kappa shape index (κ3) is 4.47. The van der Waals surface area contributed by atoms with Crippen molar-refractivity contribution in [3.63, 3.8) is 0 Å². The van der Waals surface area contributed by atoms with Crippen molar-refractivity contribution in [1.29, 1.82) is 0 Å². The molecule has 0 radical (unpaired) electrons. The summed E-state index contributed by atoms with van der Waals surface area (Å²) in [7, 11) is 2.13. The summed E-state index contributed by atoms with van der Waals surface area (Å²) < 4.78 is 13.7. The number of nitrogens with zero attached hydrogens (tertiary/aromatic N) is 2. The molecule has 2 aliphatic heterocycles. The van der Waals surface area contributed by atoms with Gasteiger partial charge in [-0.3, -0.25) is 0 Å². The highest BCUT2D eigenvalue weighted by Crippen LogP contribution is 2.23. The average molecular weight is 333 g/mol. The van der Waals surface area contributed by atoms with Crippen LogP contribution in [0.25, 0.3) is 0 Å². The number of carbonyl (C=O) groups is 1. The molecular weight excluding hydrogens is 305 g/mol. The summed E-state index contributed by atoms with van der Waals surface area (Å²) in [6.07, 6.45) is 3.85. The minimum absolute atomic E-state index is 0.0638. The summed E-state index contributed by atoms with van der Waals surface area (Å²) in [5.74, 6) is 0.936. The number of hydrogen-bond acceptors (Lipinski definition) is 2. The monoisotopic (exact) mass is 333 g/mol. The van der Waals surface area contributed by atoms with Crippen molar-refractivity contribution in [2.45, 2.75) is 25.7 Å². The quantitative estimate of drug-likeness (QED) is 0.920. The summed E-state index contributed by atoms with van der Waals surface area (Å²) >= 11 is 0. The zero-order valence-corrected chi connectivity index (χ0v) is 14.5. The van der Waals surface area contributed by atoms with Gasteiger partial charge in [0.05, 0.1) is 0 Å². The molecule has 1 unspecified atom stereocenters. The molecule has 0 aromatic heterocycles. The van der Waals surface area contributed by atoms with Crippen molar-refractivity contribution in [2.75, 3.05) is 39.8 Å². The summed E-state index contributed by atoms with van der Waals surface area (Å²) in [6, 6.07) is 7.08. The number of piperidine rings is 1. The minimum atomic E-state index is -0.112. The van der Waals surface area contributed by atoms with E-state index < -0.39 is 0 Å². The number of rotatable bonds is 4. The molecule has 132 valence electrons. The Labute approximate surface area is 144 Å². The van der Waals surface area contributed by atoms with Gasteiger partial charge in [-0.05, 0) is 62.7 Å². The molecule has 2 aliphatic rings. The molecule has 0 bridgehead atoms. The zero-order valence-electron chi connectivity index (χ0n) is 14.5. The molecule has 0 saturated carbocycles. The molecule has 2 amide bonds. The summed E-state index contributed by atoms with van der Waals surface area (Å²) in [4.78, 5) is 16.5. The first kappa shape index (κ1) is 17.2. The molecule has 0 spiro atoms. The maximum Gasteiger partial charge on any atom is 0.317 e. The predicted molar refractivity (Wildman–Crippen MR) is 93.4 cm³/mol. The lowest BCUT2D eigenvalue weighted by Crippen LogP contribution is -2.46. The van der Waals surface area contributed by atoms with Gasteiger partial charge in [0, 0.05) is 26.2 Å². The van der Waals surface area contributed by atoms with Crippen LogP contribution in [0.5, 0.6) is 0 Å². The third-order valence-electron chi connectivity index (χ3n) is 5.40. The molecule has 0 aliphatic carbocycles. The Bertz CT molecular complexity index is 557. The Kier molecular flexibility index (Phi) is 5.72. The van der Waals surface area contributed by atoms with Crippen LogP contribution < -0.4 is 5.32 Å². The molecule has 2 saturated heterocycles. The molecule has 1 atom stereocenters. The van der Waals surface area contributed by atoms with Gasteiger partial charge in [0.1, 0.15) is 5.82 Å². The van der Waals surface area contributed by atoms with Crippen LogP contribution in [0, 0.1) is 17.7 Å². The molecule has 1 aromatic rings. The number of urea groups is 1. The molecule has 3 rings (SSSR count). The average Bonchev–Trinajstić information content (AvgIpc) is 3.01. The van der Waals surface area contributed by atoms with Crippen LogP contribution in [-0.2, 0) is 6.42 Å². The van der Waals surface area contributed by atoms with Gasteiger partial charge in [-0.15, -0.1) is 0 Å². The second kappa shape index (κ2) is 7.97. The largest absolute Gasteiger partial charge is 0.338 e. The van der Waals surface area contributed by atoms with Gasteiger partial charge in [0.15, 0.2) is 0 Å². The summed E-state index contributed by atoms with van der Waals surface area (Å²) in [5, 5.41) is 3.09. The van der Waals surface area contributed by atoms with Gasteiger partial charge in [-0.2, -0.15) is 0 Å². The Morgan fingerprint density at radius 2 is 1.88 bits per heavy atom. The van der Waals surface area contributed by atoms with Crippen molar-refractivity contribution < 1.29 is 9.18 Å². The van der Waals surface area contributed by atoms with Crippen LogP contribution in [0.15, 0.2) is 24.3 Å². The smallest absolute Gasteiger partial charge is 0.317 e. The van der Waals surface area contributed by atoms with Crippen LogP contribution in [-0.4, -0.2) is 55.6 Å². The first-order valence-corrected chi connectivity index (χ1v) is 9.06. The van der Waals surface area contributed by atoms with E-state index in [0.717, 1.165) is 57.5 Å². The molecule has 1 aromatic carbocycles. The lowest BCUT2D eigenvalue weighted by Gasteiger charge is -2.32. The number of likely N-dealkylation sites (tertiary alicyclic amines) is 2. The van der Waals surface area contributed by atoms with E-state index in [9.17, 15) is 9.18 Å². The number of nitrogens with one attached hydrogen (secondary N) is 1. The number of halogens is 1. The standard InChI is InChI=1S/C19H28FN3O/c1-22-9-6-16(14-22)13-21-19(24)23-10-7-15(8-11-23)12-17-4-2-3-5-18(17)20/h2-5,15-16H,6-14H2,1H3,(H,21,24). The van der Waals surface area contributed by atoms with Crippen LogP contribution in [0.4, 0.5) is 9.18 Å². The van der Waals surface area contributed by atoms with Gasteiger partial charge in [0.25, 0.3) is 0 Å². The maximum atomic E-state index is 13.7. The first-order valence-electron chi connectivity index (χ1n) is 9.06. The van der Waals surface area contributed by atoms with E-state index in [0.29, 0.717) is 11.8 Å². The van der Waals surface area contributed by atoms with Gasteiger partial charge in [0.2, 0.25) is 0 Å². The first-order chi connectivity index (χ1) is 11.6. The molecule has 2 heterocycles. The van der Waals surface area contributed by atoms with Crippen LogP contribution in [0.3, 0.4) is 0 Å². The van der Waals surface area contributed by atoms with E-state index in [-0.39, 0.29) is 11.8 Å². The number of benzene rings is 1. The van der Waals surface area contributed by atoms with Crippen molar-refractivity contribution >= 4 is 6.03 Å². The minimum Gasteiger partial charge on any atom is -0.338 e. The second-order valence-electron chi connectivity index (χ2n) is 7.33. The highest BCUT2D eigenvalue weighted by atomic mass is 19.1. The normalized spacial score (nSPS) is 22.8. The Morgan fingerprint density at radius 3 is 2.54 bits per heavy atom. The lowest BCUT2D eigenvalue weighted by molar-refractivity contribution is 0.168. The van der Waals surface area contributed by atoms with Crippen molar-refractivity contribution in [1.82, 2.24) is 15.1 Å². The highest BCUT2D eigenvalue weighted by Gasteiger charge is 2.25. The van der Waals surface area contributed by atoms with E-state index in [2.05, 4.69) is 17.3 Å². The molecule has 1 N–H and O–H groups in total. The SMILES string of the molecule is CN1CCC(CNC(=O)N2CCC(Cc3ccccc3F)CC2)C1. The van der Waals surface area contributed by atoms with Crippen molar-refractivity contribution in [3.05, 3.63) is 35.6 Å². The van der Waals surface area contributed by atoms with E-state index in [1.807, 2.05) is 17.0 Å². The molecule has 24 heavy (non-hydrogen) atoms. The van der Waals surface area contributed by atoms with E-state index in [4.69, 9.17) is 0 Å². The second-order valence-corrected chi connectivity index (χ2v) is 7.33. The van der Waals surface area contributed by atoms with Gasteiger partial charge < -0.3 is 15.1 Å². The van der Waals surface area contributed by atoms with E-state index in [1.54, 1.807) is 6.07 Å². The number of amides is 2. The van der Waals surface area contributed by atoms with Crippen LogP contribution in [0.2, 0.25) is 0 Å². The zero-order chi connectivity index (χ0) is 16.9. The van der Waals surface area contributed by atoms with Crippen LogP contribution in [0.1, 0.15) is 24.8 Å². The third-order valence-corrected chi connectivity index (χ3v) is 5.40. The topological polar surface area (TPSA) is 35.6 Å². The molecule has 4 nitrogen and oxygen atoms in total. The van der Waals surface area contributed by atoms with E-state index in [1.165, 1.54) is 12.5 Å². The number of carbonyl (C=O) groups excluding carboxylic acids is 1. The molecule has 2 fully saturated rings. The fourth-order valence-electron chi connectivity index (χ4n) is 3.85. The molecule has 5 heteroatoms. The van der Waals surface area contributed by atoms with Crippen molar-refractivity contribution in [3.8, 4) is 0 Å². The predicted octanol–water partition coefficient (Wildman–Crippen LogP) is 2.74. The summed E-state index contributed by atoms with van der Waals surface area (Å²) in [5.41, 5.74) is 0.797. The van der Waals surface area contributed by atoms with Gasteiger partial charge in [-0.1, -0.05) is 18.2 Å². The Morgan fingerprint density at radius 1 is 1.17 bits per heavy atom. The van der Waals surface area contributed by atoms with Crippen molar-refractivity contribution in [2.24, 2.45) is 11.8 Å². The Hall–Kier alpha value is -1.62. The van der Waals surface area contributed by atoms with E-state index >= 15 is 0 Å². The van der Waals surface area contributed by atoms with Crippen LogP contribution >= 0.6 is 0 Å². The lowest BCUT2D eigenvalue weighted by atomic mass is 9.90. The Balaban J connectivity index is 1.40. The van der Waals surface area contributed by atoms with Gasteiger partial charge in [-0.25, -0.2) is 9.18 Å². The maximum absolute atomic E-state index is 13.7. The summed E-state index contributed by atoms with van der Waals surface area (Å²) in [6.45, 7) is 4.52. The van der Waals surface area contributed by atoms with Gasteiger partial charge >= 0.3 is 6.03 Å². The number of hydrogen-bond donors (Lipinski definition) is 1. The molecular formula is C19H28FN3O. The fourth-order valence-corrected chi connectivity index (χ4v) is 3.85. The highest BCUT2D eigenvalue weighted by molar-refractivity contribution is 5.74. The fraction of sp³-hybridized carbons (Fsp3) is 0.632.